The van der Waals surface area contributed by atoms with E-state index in [9.17, 15) is 9.59 Å². The van der Waals surface area contributed by atoms with Crippen LogP contribution in [-0.2, 0) is 33.4 Å². The number of hydrogen-bond acceptors (Lipinski definition) is 7. The van der Waals surface area contributed by atoms with Gasteiger partial charge in [0.1, 0.15) is 12.6 Å². The van der Waals surface area contributed by atoms with Crippen molar-refractivity contribution in [3.05, 3.63) is 88.4 Å². The molecular weight excluding hydrogens is 577 g/mol. The second-order valence-corrected chi connectivity index (χ2v) is 18.3. The maximum Gasteiger partial charge on any atom is 0.407 e. The number of ether oxygens (including phenoxy) is 1. The monoisotopic (exact) mass is 624 g/mol. The van der Waals surface area contributed by atoms with Crippen LogP contribution in [0.4, 0.5) is 4.79 Å². The largest absolute Gasteiger partial charge is 0.444 e. The van der Waals surface area contributed by atoms with Gasteiger partial charge in [-0.3, -0.25) is 9.78 Å². The Kier molecular flexibility index (Phi) is 13.4. The van der Waals surface area contributed by atoms with Gasteiger partial charge in [0.25, 0.3) is 0 Å². The summed E-state index contributed by atoms with van der Waals surface area (Å²) in [7, 11) is -2.04. The Hall–Kier alpha value is -3.05. The van der Waals surface area contributed by atoms with Crippen LogP contribution in [0.2, 0.25) is 18.1 Å². The van der Waals surface area contributed by atoms with Crippen LogP contribution in [0.3, 0.4) is 0 Å². The van der Waals surface area contributed by atoms with Gasteiger partial charge in [-0.2, -0.15) is 0 Å². The average molecular weight is 625 g/mol. The molecule has 3 atom stereocenters. The van der Waals surface area contributed by atoms with E-state index in [1.165, 1.54) is 16.9 Å². The Morgan fingerprint density at radius 1 is 0.930 bits per heavy atom. The van der Waals surface area contributed by atoms with Gasteiger partial charge < -0.3 is 25.5 Å². The van der Waals surface area contributed by atoms with Crippen LogP contribution in [0.5, 0.6) is 0 Å². The molecule has 0 aliphatic carbocycles. The number of aromatic nitrogens is 1. The highest BCUT2D eigenvalue weighted by Crippen LogP contribution is 2.36. The topological polar surface area (TPSA) is 116 Å². The molecule has 3 rings (SSSR count). The van der Waals surface area contributed by atoms with Crippen molar-refractivity contribution in [3.63, 3.8) is 0 Å². The van der Waals surface area contributed by atoms with Gasteiger partial charge in [-0.25, -0.2) is 4.79 Å². The van der Waals surface area contributed by atoms with Crippen molar-refractivity contribution in [2.75, 3.05) is 6.61 Å². The zero-order valence-corrected chi connectivity index (χ0v) is 28.0. The zero-order valence-electron chi connectivity index (χ0n) is 26.2. The van der Waals surface area contributed by atoms with Crippen LogP contribution >= 0.6 is 11.3 Å². The van der Waals surface area contributed by atoms with E-state index < -0.39 is 20.5 Å². The van der Waals surface area contributed by atoms with Crippen molar-refractivity contribution in [1.82, 2.24) is 15.6 Å². The predicted octanol–water partition coefficient (Wildman–Crippen LogP) is 6.23. The van der Waals surface area contributed by atoms with Gasteiger partial charge in [-0.1, -0.05) is 81.4 Å². The lowest BCUT2D eigenvalue weighted by Crippen LogP contribution is -2.51. The summed E-state index contributed by atoms with van der Waals surface area (Å²) in [6.07, 6.45) is 4.76. The molecule has 1 aromatic heterocycles. The summed E-state index contributed by atoms with van der Waals surface area (Å²) in [5, 5.41) is 6.29. The van der Waals surface area contributed by atoms with Gasteiger partial charge in [0, 0.05) is 18.3 Å². The first-order valence-corrected chi connectivity index (χ1v) is 18.8. The van der Waals surface area contributed by atoms with Gasteiger partial charge >= 0.3 is 6.09 Å². The zero-order chi connectivity index (χ0) is 31.3. The number of nitrogens with two attached hydrogens (primary N) is 1. The second kappa shape index (κ2) is 16.7. The number of thiazole rings is 1. The predicted molar refractivity (Wildman–Crippen MR) is 176 cm³/mol. The second-order valence-electron chi connectivity index (χ2n) is 12.6. The van der Waals surface area contributed by atoms with Crippen LogP contribution in [0, 0.1) is 0 Å². The minimum Gasteiger partial charge on any atom is -0.444 e. The summed E-state index contributed by atoms with van der Waals surface area (Å²) in [6.45, 7) is 11.2. The highest BCUT2D eigenvalue weighted by atomic mass is 32.1. The van der Waals surface area contributed by atoms with E-state index in [1.54, 1.807) is 11.7 Å². The van der Waals surface area contributed by atoms with Crippen molar-refractivity contribution in [1.29, 1.82) is 0 Å². The summed E-state index contributed by atoms with van der Waals surface area (Å²) in [6, 6.07) is 19.2. The first kappa shape index (κ1) is 34.4. The van der Waals surface area contributed by atoms with Crippen LogP contribution in [-0.4, -0.2) is 50.0 Å². The molecule has 0 aliphatic rings. The summed E-state index contributed by atoms with van der Waals surface area (Å²) in [4.78, 5) is 30.9. The van der Waals surface area contributed by atoms with Crippen LogP contribution in [0.25, 0.3) is 0 Å². The first-order valence-electron chi connectivity index (χ1n) is 15.0. The molecule has 0 spiro atoms. The highest BCUT2D eigenvalue weighted by Gasteiger charge is 2.38. The quantitative estimate of drug-likeness (QED) is 0.163. The van der Waals surface area contributed by atoms with Gasteiger partial charge in [0.2, 0.25) is 5.91 Å². The lowest BCUT2D eigenvalue weighted by molar-refractivity contribution is -0.123. The third-order valence-electron chi connectivity index (χ3n) is 8.08. The fourth-order valence-corrected chi connectivity index (χ4v) is 5.89. The normalized spacial score (nSPS) is 14.0. The number of amides is 2. The van der Waals surface area contributed by atoms with Gasteiger partial charge in [0.05, 0.1) is 17.0 Å². The molecule has 43 heavy (non-hydrogen) atoms. The first-order chi connectivity index (χ1) is 20.4. The van der Waals surface area contributed by atoms with Crippen molar-refractivity contribution in [3.8, 4) is 0 Å². The van der Waals surface area contributed by atoms with Crippen LogP contribution < -0.4 is 16.4 Å². The molecule has 1 heterocycles. The smallest absolute Gasteiger partial charge is 0.407 e. The molecule has 4 N–H and O–H groups in total. The number of benzene rings is 2. The molecule has 0 saturated heterocycles. The lowest BCUT2D eigenvalue weighted by atomic mass is 9.96. The minimum absolute atomic E-state index is 0.0317. The number of carbonyl (C=O) groups is 2. The van der Waals surface area contributed by atoms with Crippen LogP contribution in [0.1, 0.15) is 56.0 Å². The maximum atomic E-state index is 13.2. The Morgan fingerprint density at radius 2 is 1.56 bits per heavy atom. The number of aryl methyl sites for hydroxylation is 1. The molecular formula is C33H48N4O4SSi. The molecule has 0 bridgehead atoms. The van der Waals surface area contributed by atoms with E-state index in [0.29, 0.717) is 19.3 Å². The minimum atomic E-state index is -2.04. The average Bonchev–Trinajstić information content (AvgIpc) is 3.50. The van der Waals surface area contributed by atoms with Crippen molar-refractivity contribution >= 4 is 31.7 Å². The van der Waals surface area contributed by atoms with Gasteiger partial charge in [-0.15, -0.1) is 11.3 Å². The Bertz CT molecular complexity index is 1240. The number of nitrogens with one attached hydrogen (secondary N) is 2. The summed E-state index contributed by atoms with van der Waals surface area (Å²) < 4.78 is 11.7. The third kappa shape index (κ3) is 12.2. The summed E-state index contributed by atoms with van der Waals surface area (Å²) >= 11 is 1.44. The third-order valence-corrected chi connectivity index (χ3v) is 13.3. The lowest BCUT2D eigenvalue weighted by Gasteiger charge is -2.36. The number of rotatable bonds is 16. The maximum absolute atomic E-state index is 13.2. The number of nitrogens with zero attached hydrogens (tertiary/aromatic N) is 1. The van der Waals surface area contributed by atoms with E-state index in [-0.39, 0.29) is 36.2 Å². The van der Waals surface area contributed by atoms with Crippen LogP contribution in [0.15, 0.2) is 72.4 Å². The number of hydrogen-bond donors (Lipinski definition) is 3. The molecule has 0 aliphatic heterocycles. The molecule has 0 unspecified atom stereocenters. The fourth-order valence-electron chi connectivity index (χ4n) is 4.36. The molecule has 10 heteroatoms. The molecule has 2 aromatic carbocycles. The van der Waals surface area contributed by atoms with Crippen molar-refractivity contribution in [2.24, 2.45) is 5.73 Å². The van der Waals surface area contributed by atoms with E-state index in [2.05, 4.69) is 61.6 Å². The van der Waals surface area contributed by atoms with E-state index >= 15 is 0 Å². The molecule has 0 saturated carbocycles. The molecule has 234 valence electrons. The molecule has 3 aromatic rings. The van der Waals surface area contributed by atoms with Gasteiger partial charge in [0.15, 0.2) is 8.32 Å². The van der Waals surface area contributed by atoms with Crippen molar-refractivity contribution in [2.45, 2.75) is 95.7 Å². The summed E-state index contributed by atoms with van der Waals surface area (Å²) in [5.74, 6) is -0.215. The fraction of sp³-hybridized carbons (Fsp3) is 0.485. The standard InChI is InChI=1S/C33H48N4O4SSi/c1-33(2,3)43(4,5)41-23-30(34)31(38)36-27(17-16-25-12-8-6-9-13-25)18-19-28(20-26-14-10-7-11-15-26)37-32(39)40-22-29-21-35-24-42-29/h6-15,21,24,27-28,30H,16-20,22-23,34H2,1-5H3,(H,36,38)(H,37,39)/t27-,28+,30+/m1/s1. The Balaban J connectivity index is 1.65. The molecule has 0 radical (unpaired) electrons. The van der Waals surface area contributed by atoms with E-state index in [1.807, 2.05) is 48.5 Å². The Labute approximate surface area is 261 Å². The molecule has 2 amide bonds. The Morgan fingerprint density at radius 3 is 2.16 bits per heavy atom. The van der Waals surface area contributed by atoms with Crippen molar-refractivity contribution < 1.29 is 18.8 Å². The SMILES string of the molecule is CC(C)(C)[Si](C)(C)OC[C@H](N)C(=O)N[C@H](CCc1ccccc1)CC[C@@H](Cc1ccccc1)NC(=O)OCc1cncs1. The van der Waals surface area contributed by atoms with Gasteiger partial charge in [-0.05, 0) is 61.4 Å². The summed E-state index contributed by atoms with van der Waals surface area (Å²) in [5.41, 5.74) is 10.4. The number of carbonyl (C=O) groups excluding carboxylic acids is 2. The molecule has 0 fully saturated rings. The number of alkyl carbamates (subject to hydrolysis) is 1. The van der Waals surface area contributed by atoms with E-state index in [4.69, 9.17) is 14.9 Å². The highest BCUT2D eigenvalue weighted by molar-refractivity contribution is 7.09. The van der Waals surface area contributed by atoms with E-state index in [0.717, 1.165) is 23.3 Å². The molecule has 8 nitrogen and oxygen atoms in total.